The molecule has 0 aromatic heterocycles. The fourth-order valence-electron chi connectivity index (χ4n) is 2.11. The van der Waals surface area contributed by atoms with Gasteiger partial charge >= 0.3 is 5.97 Å². The minimum absolute atomic E-state index is 0.0224. The molecule has 5 heteroatoms. The molecule has 0 radical (unpaired) electrons. The molecule has 1 heterocycles. The van der Waals surface area contributed by atoms with Crippen LogP contribution in [-0.4, -0.2) is 31.8 Å². The summed E-state index contributed by atoms with van der Waals surface area (Å²) in [5, 5.41) is 0. The maximum absolute atomic E-state index is 11.9. The predicted molar refractivity (Wildman–Crippen MR) is 69.1 cm³/mol. The second-order valence-corrected chi connectivity index (χ2v) is 4.47. The Kier molecular flexibility index (Phi) is 3.64. The van der Waals surface area contributed by atoms with Gasteiger partial charge in [0.25, 0.3) is 0 Å². The number of hydrogen-bond donors (Lipinski definition) is 0. The smallest absolute Gasteiger partial charge is 0.305 e. The summed E-state index contributed by atoms with van der Waals surface area (Å²) in [6.07, 6.45) is 0.518. The molecule has 100 valence electrons. The first-order chi connectivity index (χ1) is 9.02. The van der Waals surface area contributed by atoms with Crippen molar-refractivity contribution in [3.05, 3.63) is 29.3 Å². The van der Waals surface area contributed by atoms with Gasteiger partial charge in [-0.05, 0) is 23.8 Å². The normalized spacial score (nSPS) is 13.4. The number of esters is 1. The van der Waals surface area contributed by atoms with Gasteiger partial charge in [-0.1, -0.05) is 0 Å². The number of anilines is 1. The highest BCUT2D eigenvalue weighted by molar-refractivity contribution is 6.03. The average Bonchev–Trinajstić information content (AvgIpc) is 2.70. The van der Waals surface area contributed by atoms with E-state index in [1.54, 1.807) is 30.1 Å². The molecule has 0 unspecified atom stereocenters. The molecule has 1 aromatic carbocycles. The van der Waals surface area contributed by atoms with E-state index in [9.17, 15) is 14.4 Å². The summed E-state index contributed by atoms with van der Waals surface area (Å²) in [6.45, 7) is 0. The van der Waals surface area contributed by atoms with Crippen LogP contribution in [0.15, 0.2) is 18.2 Å². The number of hydrogen-bond acceptors (Lipinski definition) is 4. The first kappa shape index (κ1) is 13.3. The van der Waals surface area contributed by atoms with Crippen molar-refractivity contribution < 1.29 is 19.1 Å². The summed E-state index contributed by atoms with van der Waals surface area (Å²) in [5.74, 6) is -0.492. The van der Waals surface area contributed by atoms with Crippen molar-refractivity contribution in [2.24, 2.45) is 0 Å². The molecular weight excluding hydrogens is 246 g/mol. The van der Waals surface area contributed by atoms with E-state index >= 15 is 0 Å². The quantitative estimate of drug-likeness (QED) is 0.606. The molecule has 0 atom stereocenters. The van der Waals surface area contributed by atoms with Crippen LogP contribution in [0.3, 0.4) is 0 Å². The fourth-order valence-corrected chi connectivity index (χ4v) is 2.11. The van der Waals surface area contributed by atoms with E-state index in [2.05, 4.69) is 4.74 Å². The summed E-state index contributed by atoms with van der Waals surface area (Å²) < 4.78 is 4.50. The largest absolute Gasteiger partial charge is 0.469 e. The third-order valence-corrected chi connectivity index (χ3v) is 3.26. The van der Waals surface area contributed by atoms with Crippen LogP contribution in [0.25, 0.3) is 0 Å². The second-order valence-electron chi connectivity index (χ2n) is 4.47. The number of likely N-dealkylation sites (N-methyl/N-ethyl adjacent to an activating group) is 1. The molecule has 0 saturated carbocycles. The molecule has 0 bridgehead atoms. The molecule has 2 rings (SSSR count). The maximum atomic E-state index is 11.9. The topological polar surface area (TPSA) is 63.7 Å². The van der Waals surface area contributed by atoms with Crippen LogP contribution in [0.5, 0.6) is 0 Å². The van der Waals surface area contributed by atoms with Crippen LogP contribution in [0, 0.1) is 0 Å². The number of nitrogens with zero attached hydrogens (tertiary/aromatic N) is 1. The number of benzene rings is 1. The lowest BCUT2D eigenvalue weighted by atomic mass is 10.0. The Balaban J connectivity index is 2.11. The molecule has 1 aliphatic heterocycles. The number of Topliss-reactive ketones (excluding diaryl/α,β-unsaturated/α-hetero) is 1. The number of fused-ring (bicyclic) bond motifs is 1. The Morgan fingerprint density at radius 2 is 2.05 bits per heavy atom. The number of ether oxygens (including phenoxy) is 1. The van der Waals surface area contributed by atoms with E-state index in [1.165, 1.54) is 7.11 Å². The minimum Gasteiger partial charge on any atom is -0.469 e. The highest BCUT2D eigenvalue weighted by Crippen LogP contribution is 2.28. The molecule has 0 fully saturated rings. The number of ketones is 1. The van der Waals surface area contributed by atoms with Gasteiger partial charge < -0.3 is 9.64 Å². The maximum Gasteiger partial charge on any atom is 0.305 e. The number of carbonyl (C=O) groups excluding carboxylic acids is 3. The zero-order valence-electron chi connectivity index (χ0n) is 10.9. The molecule has 1 aromatic rings. The van der Waals surface area contributed by atoms with E-state index in [-0.39, 0.29) is 24.5 Å². The molecule has 0 N–H and O–H groups in total. The van der Waals surface area contributed by atoms with Gasteiger partial charge in [-0.15, -0.1) is 0 Å². The van der Waals surface area contributed by atoms with Crippen molar-refractivity contribution in [2.75, 3.05) is 19.1 Å². The molecular formula is C14H15NO4. The number of carbonyl (C=O) groups is 3. The van der Waals surface area contributed by atoms with Crippen molar-refractivity contribution in [3.8, 4) is 0 Å². The van der Waals surface area contributed by atoms with Crippen LogP contribution in [0.2, 0.25) is 0 Å². The summed E-state index contributed by atoms with van der Waals surface area (Å²) in [7, 11) is 3.01. The Hall–Kier alpha value is -2.17. The Morgan fingerprint density at radius 3 is 2.74 bits per heavy atom. The number of methoxy groups -OCH3 is 1. The summed E-state index contributed by atoms with van der Waals surface area (Å²) >= 11 is 0. The van der Waals surface area contributed by atoms with Crippen LogP contribution < -0.4 is 4.90 Å². The Labute approximate surface area is 111 Å². The summed E-state index contributed by atoms with van der Waals surface area (Å²) in [6, 6.07) is 5.19. The Morgan fingerprint density at radius 1 is 1.32 bits per heavy atom. The standard InChI is InChI=1S/C14H15NO4/c1-15-11-4-3-9(7-10(11)8-13(15)17)12(16)5-6-14(18)19-2/h3-4,7H,5-6,8H2,1-2H3. The lowest BCUT2D eigenvalue weighted by Crippen LogP contribution is -2.20. The van der Waals surface area contributed by atoms with Crippen molar-refractivity contribution in [3.63, 3.8) is 0 Å². The third kappa shape index (κ3) is 2.65. The van der Waals surface area contributed by atoms with Crippen molar-refractivity contribution >= 4 is 23.3 Å². The van der Waals surface area contributed by atoms with Crippen molar-refractivity contribution in [2.45, 2.75) is 19.3 Å². The first-order valence-electron chi connectivity index (χ1n) is 6.02. The van der Waals surface area contributed by atoms with Crippen molar-refractivity contribution in [1.82, 2.24) is 0 Å². The highest BCUT2D eigenvalue weighted by atomic mass is 16.5. The number of amides is 1. The molecule has 0 aliphatic carbocycles. The van der Waals surface area contributed by atoms with Crippen LogP contribution in [-0.2, 0) is 20.7 Å². The van der Waals surface area contributed by atoms with Crippen LogP contribution >= 0.6 is 0 Å². The van der Waals surface area contributed by atoms with E-state index in [4.69, 9.17) is 0 Å². The monoisotopic (exact) mass is 261 g/mol. The van der Waals surface area contributed by atoms with E-state index in [0.29, 0.717) is 12.0 Å². The van der Waals surface area contributed by atoms with Gasteiger partial charge in [0, 0.05) is 24.7 Å². The molecule has 0 saturated heterocycles. The summed E-state index contributed by atoms with van der Waals surface area (Å²) in [5.41, 5.74) is 2.23. The second kappa shape index (κ2) is 5.22. The SMILES string of the molecule is COC(=O)CCC(=O)c1ccc2c(c1)CC(=O)N2C. The van der Waals surface area contributed by atoms with E-state index in [0.717, 1.165) is 11.3 Å². The lowest BCUT2D eigenvalue weighted by Gasteiger charge is -2.10. The van der Waals surface area contributed by atoms with E-state index in [1.807, 2.05) is 0 Å². The van der Waals surface area contributed by atoms with Gasteiger partial charge in [-0.2, -0.15) is 0 Å². The predicted octanol–water partition coefficient (Wildman–Crippen LogP) is 1.34. The molecule has 0 spiro atoms. The van der Waals surface area contributed by atoms with Gasteiger partial charge in [-0.25, -0.2) is 0 Å². The lowest BCUT2D eigenvalue weighted by molar-refractivity contribution is -0.140. The minimum atomic E-state index is -0.399. The highest BCUT2D eigenvalue weighted by Gasteiger charge is 2.24. The van der Waals surface area contributed by atoms with Crippen LogP contribution in [0.1, 0.15) is 28.8 Å². The van der Waals surface area contributed by atoms with Crippen LogP contribution in [0.4, 0.5) is 5.69 Å². The molecule has 19 heavy (non-hydrogen) atoms. The average molecular weight is 261 g/mol. The molecule has 5 nitrogen and oxygen atoms in total. The van der Waals surface area contributed by atoms with E-state index < -0.39 is 5.97 Å². The van der Waals surface area contributed by atoms with Gasteiger partial charge in [0.2, 0.25) is 5.91 Å². The molecule has 1 aliphatic rings. The first-order valence-corrected chi connectivity index (χ1v) is 6.02. The van der Waals surface area contributed by atoms with Crippen molar-refractivity contribution in [1.29, 1.82) is 0 Å². The zero-order valence-corrected chi connectivity index (χ0v) is 10.9. The van der Waals surface area contributed by atoms with Gasteiger partial charge in [0.1, 0.15) is 0 Å². The Bertz CT molecular complexity index is 550. The third-order valence-electron chi connectivity index (χ3n) is 3.26. The van der Waals surface area contributed by atoms with Gasteiger partial charge in [-0.3, -0.25) is 14.4 Å². The number of rotatable bonds is 4. The summed E-state index contributed by atoms with van der Waals surface area (Å²) in [4.78, 5) is 36.0. The van der Waals surface area contributed by atoms with Gasteiger partial charge in [0.05, 0.1) is 20.0 Å². The zero-order chi connectivity index (χ0) is 14.0. The van der Waals surface area contributed by atoms with Gasteiger partial charge in [0.15, 0.2) is 5.78 Å². The fraction of sp³-hybridized carbons (Fsp3) is 0.357. The molecule has 1 amide bonds.